The number of hydrazine groups is 1. The number of benzene rings is 2. The molecule has 0 atom stereocenters. The van der Waals surface area contributed by atoms with E-state index in [9.17, 15) is 9.59 Å². The second-order valence-corrected chi connectivity index (χ2v) is 8.50. The molecule has 0 aliphatic carbocycles. The largest absolute Gasteiger partial charge is 0.493 e. The average Bonchev–Trinajstić information content (AvgIpc) is 2.80. The molecule has 0 fully saturated rings. The van der Waals surface area contributed by atoms with Crippen LogP contribution in [-0.2, 0) is 10.5 Å². The Morgan fingerprint density at radius 2 is 1.28 bits per heavy atom. The lowest BCUT2D eigenvalue weighted by molar-refractivity contribution is -0.119. The lowest BCUT2D eigenvalue weighted by Crippen LogP contribution is -2.42. The molecule has 0 saturated heterocycles. The van der Waals surface area contributed by atoms with E-state index in [1.54, 1.807) is 0 Å². The minimum Gasteiger partial charge on any atom is -0.493 e. The van der Waals surface area contributed by atoms with Crippen LogP contribution in [0.15, 0.2) is 12.1 Å². The predicted molar refractivity (Wildman–Crippen MR) is 128 cm³/mol. The van der Waals surface area contributed by atoms with Crippen molar-refractivity contribution in [2.75, 3.05) is 27.1 Å². The SMILES string of the molecule is COc1cc(C(=O)NNC(=O)CSCc2c(C)c(C)c(C)c(C)c2C)cc(OC)c1OC. The summed E-state index contributed by atoms with van der Waals surface area (Å²) in [6, 6.07) is 3.04. The van der Waals surface area contributed by atoms with E-state index in [0.29, 0.717) is 17.2 Å². The van der Waals surface area contributed by atoms with Crippen LogP contribution in [0.1, 0.15) is 43.7 Å². The highest BCUT2D eigenvalue weighted by molar-refractivity contribution is 7.99. The highest BCUT2D eigenvalue weighted by Crippen LogP contribution is 2.38. The molecule has 0 spiro atoms. The van der Waals surface area contributed by atoms with Crippen molar-refractivity contribution in [2.24, 2.45) is 0 Å². The second kappa shape index (κ2) is 11.1. The van der Waals surface area contributed by atoms with Gasteiger partial charge in [-0.05, 0) is 80.1 Å². The van der Waals surface area contributed by atoms with Gasteiger partial charge in [0.25, 0.3) is 5.91 Å². The molecule has 0 aromatic heterocycles. The van der Waals surface area contributed by atoms with Crippen LogP contribution in [0.2, 0.25) is 0 Å². The number of hydrogen-bond acceptors (Lipinski definition) is 6. The van der Waals surface area contributed by atoms with Crippen molar-refractivity contribution in [2.45, 2.75) is 40.4 Å². The first-order valence-corrected chi connectivity index (χ1v) is 11.3. The summed E-state index contributed by atoms with van der Waals surface area (Å²) in [5, 5.41) is 0. The molecule has 0 aliphatic heterocycles. The topological polar surface area (TPSA) is 85.9 Å². The summed E-state index contributed by atoms with van der Waals surface area (Å²) in [5.74, 6) is 1.28. The van der Waals surface area contributed by atoms with Crippen molar-refractivity contribution in [1.82, 2.24) is 10.9 Å². The van der Waals surface area contributed by atoms with Gasteiger partial charge in [-0.15, -0.1) is 11.8 Å². The summed E-state index contributed by atoms with van der Waals surface area (Å²) in [4.78, 5) is 24.7. The van der Waals surface area contributed by atoms with E-state index in [-0.39, 0.29) is 17.2 Å². The Hall–Kier alpha value is -2.87. The number of ether oxygens (including phenoxy) is 3. The van der Waals surface area contributed by atoms with Gasteiger partial charge in [0.2, 0.25) is 11.7 Å². The highest BCUT2D eigenvalue weighted by atomic mass is 32.2. The van der Waals surface area contributed by atoms with Crippen molar-refractivity contribution in [3.63, 3.8) is 0 Å². The molecule has 8 heteroatoms. The first kappa shape index (κ1) is 25.4. The number of hydrogen-bond donors (Lipinski definition) is 2. The third-order valence-corrected chi connectivity index (χ3v) is 6.84. The zero-order chi connectivity index (χ0) is 24.0. The maximum Gasteiger partial charge on any atom is 0.269 e. The van der Waals surface area contributed by atoms with Crippen molar-refractivity contribution < 1.29 is 23.8 Å². The molecule has 174 valence electrons. The Morgan fingerprint density at radius 3 is 1.75 bits per heavy atom. The van der Waals surface area contributed by atoms with Crippen molar-refractivity contribution in [1.29, 1.82) is 0 Å². The second-order valence-electron chi connectivity index (χ2n) is 7.51. The molecule has 0 saturated carbocycles. The molecule has 0 radical (unpaired) electrons. The summed E-state index contributed by atoms with van der Waals surface area (Å²) in [6.07, 6.45) is 0. The number of amides is 2. The number of carbonyl (C=O) groups is 2. The van der Waals surface area contributed by atoms with Crippen molar-refractivity contribution >= 4 is 23.6 Å². The maximum absolute atomic E-state index is 12.5. The molecule has 7 nitrogen and oxygen atoms in total. The summed E-state index contributed by atoms with van der Waals surface area (Å²) >= 11 is 1.51. The van der Waals surface area contributed by atoms with Gasteiger partial charge in [-0.1, -0.05) is 0 Å². The van der Waals surface area contributed by atoms with Crippen LogP contribution in [0, 0.1) is 34.6 Å². The van der Waals surface area contributed by atoms with Gasteiger partial charge in [0.05, 0.1) is 27.1 Å². The minimum absolute atomic E-state index is 0.223. The van der Waals surface area contributed by atoms with Crippen LogP contribution in [0.25, 0.3) is 0 Å². The van der Waals surface area contributed by atoms with Crippen molar-refractivity contribution in [3.8, 4) is 17.2 Å². The number of rotatable bonds is 8. The fourth-order valence-electron chi connectivity index (χ4n) is 3.49. The maximum atomic E-state index is 12.5. The quantitative estimate of drug-likeness (QED) is 0.580. The van der Waals surface area contributed by atoms with E-state index < -0.39 is 5.91 Å². The molecule has 32 heavy (non-hydrogen) atoms. The zero-order valence-electron chi connectivity index (χ0n) is 20.0. The standard InChI is InChI=1S/C24H32N2O5S/c1-13-14(2)16(4)19(17(5)15(13)3)11-32-12-22(27)25-26-24(28)18-9-20(29-6)23(31-8)21(10-18)30-7/h9-10H,11-12H2,1-8H3,(H,25,27)(H,26,28). The molecular formula is C24H32N2O5S. The number of thioether (sulfide) groups is 1. The number of nitrogens with one attached hydrogen (secondary N) is 2. The Labute approximate surface area is 194 Å². The van der Waals surface area contributed by atoms with Crippen LogP contribution < -0.4 is 25.1 Å². The highest BCUT2D eigenvalue weighted by Gasteiger charge is 2.18. The first-order chi connectivity index (χ1) is 15.2. The fourth-order valence-corrected chi connectivity index (χ4v) is 4.48. The van der Waals surface area contributed by atoms with E-state index in [4.69, 9.17) is 14.2 Å². The molecule has 0 unspecified atom stereocenters. The normalized spacial score (nSPS) is 10.5. The van der Waals surface area contributed by atoms with Gasteiger partial charge in [0, 0.05) is 11.3 Å². The molecule has 0 heterocycles. The molecule has 0 bridgehead atoms. The van der Waals surface area contributed by atoms with Crippen LogP contribution >= 0.6 is 11.8 Å². The van der Waals surface area contributed by atoms with E-state index in [1.807, 2.05) is 0 Å². The van der Waals surface area contributed by atoms with E-state index in [2.05, 4.69) is 45.5 Å². The van der Waals surface area contributed by atoms with Gasteiger partial charge < -0.3 is 14.2 Å². The van der Waals surface area contributed by atoms with Gasteiger partial charge >= 0.3 is 0 Å². The molecule has 2 N–H and O–H groups in total. The zero-order valence-corrected chi connectivity index (χ0v) is 20.8. The molecule has 2 aromatic rings. The van der Waals surface area contributed by atoms with E-state index in [0.717, 1.165) is 5.75 Å². The number of carbonyl (C=O) groups excluding carboxylic acids is 2. The van der Waals surface area contributed by atoms with Crippen LogP contribution in [0.4, 0.5) is 0 Å². The molecule has 2 amide bonds. The summed E-state index contributed by atoms with van der Waals surface area (Å²) in [5.41, 5.74) is 12.9. The lowest BCUT2D eigenvalue weighted by Gasteiger charge is -2.18. The van der Waals surface area contributed by atoms with E-state index in [1.165, 1.54) is 78.6 Å². The van der Waals surface area contributed by atoms with Crippen LogP contribution in [-0.4, -0.2) is 38.9 Å². The molecule has 2 aromatic carbocycles. The van der Waals surface area contributed by atoms with Crippen LogP contribution in [0.5, 0.6) is 17.2 Å². The third kappa shape index (κ3) is 5.48. The van der Waals surface area contributed by atoms with Gasteiger partial charge in [-0.3, -0.25) is 20.4 Å². The van der Waals surface area contributed by atoms with Gasteiger partial charge in [-0.2, -0.15) is 0 Å². The summed E-state index contributed by atoms with van der Waals surface area (Å²) < 4.78 is 15.8. The van der Waals surface area contributed by atoms with Crippen LogP contribution in [0.3, 0.4) is 0 Å². The lowest BCUT2D eigenvalue weighted by atomic mass is 9.90. The van der Waals surface area contributed by atoms with E-state index >= 15 is 0 Å². The Balaban J connectivity index is 1.96. The fraction of sp³-hybridized carbons (Fsp3) is 0.417. The minimum atomic E-state index is -0.487. The Kier molecular flexibility index (Phi) is 8.83. The first-order valence-electron chi connectivity index (χ1n) is 10.2. The third-order valence-electron chi connectivity index (χ3n) is 5.88. The Morgan fingerprint density at radius 1 is 0.781 bits per heavy atom. The van der Waals surface area contributed by atoms with Gasteiger partial charge in [0.15, 0.2) is 11.5 Å². The summed E-state index contributed by atoms with van der Waals surface area (Å²) in [6.45, 7) is 10.7. The van der Waals surface area contributed by atoms with Gasteiger partial charge in [0.1, 0.15) is 0 Å². The predicted octanol–water partition coefficient (Wildman–Crippen LogP) is 3.95. The Bertz CT molecular complexity index is 966. The number of methoxy groups -OCH3 is 3. The molecular weight excluding hydrogens is 428 g/mol. The molecule has 0 aliphatic rings. The monoisotopic (exact) mass is 460 g/mol. The average molecular weight is 461 g/mol. The smallest absolute Gasteiger partial charge is 0.269 e. The van der Waals surface area contributed by atoms with Crippen molar-refractivity contribution in [3.05, 3.63) is 51.1 Å². The molecule has 2 rings (SSSR count). The summed E-state index contributed by atoms with van der Waals surface area (Å²) in [7, 11) is 4.43. The van der Waals surface area contributed by atoms with Gasteiger partial charge in [-0.25, -0.2) is 0 Å².